The molecule has 1 atom stereocenters. The first-order valence-corrected chi connectivity index (χ1v) is 8.97. The third-order valence-electron chi connectivity index (χ3n) is 5.29. The number of carbonyl (C=O) groups excluding carboxylic acids is 1. The number of halogens is 1. The maximum absolute atomic E-state index is 14.0. The summed E-state index contributed by atoms with van der Waals surface area (Å²) in [5.74, 6) is -0.0935. The van der Waals surface area contributed by atoms with Crippen LogP contribution < -0.4 is 9.80 Å². The van der Waals surface area contributed by atoms with Crippen molar-refractivity contribution in [2.75, 3.05) is 42.5 Å². The van der Waals surface area contributed by atoms with Gasteiger partial charge in [-0.15, -0.1) is 0 Å². The van der Waals surface area contributed by atoms with Gasteiger partial charge in [0, 0.05) is 38.4 Å². The van der Waals surface area contributed by atoms with Gasteiger partial charge < -0.3 is 14.9 Å². The average molecular weight is 355 g/mol. The van der Waals surface area contributed by atoms with E-state index in [0.717, 1.165) is 38.3 Å². The van der Waals surface area contributed by atoms with Crippen LogP contribution in [0, 0.1) is 5.82 Å². The van der Waals surface area contributed by atoms with E-state index in [4.69, 9.17) is 0 Å². The molecule has 136 valence electrons. The van der Waals surface area contributed by atoms with Gasteiger partial charge in [-0.25, -0.2) is 4.39 Å². The largest absolute Gasteiger partial charge is 0.508 e. The maximum Gasteiger partial charge on any atom is 0.244 e. The second-order valence-corrected chi connectivity index (χ2v) is 6.79. The minimum atomic E-state index is -0.348. The van der Waals surface area contributed by atoms with Crippen molar-refractivity contribution in [1.82, 2.24) is 4.90 Å². The summed E-state index contributed by atoms with van der Waals surface area (Å²) in [5, 5.41) is 9.41. The first kappa shape index (κ1) is 16.8. The SMILES string of the molecule is O=C1C(N2CCN(c3ccc(O)cc3)CC2)CCN1c1ccccc1F. The van der Waals surface area contributed by atoms with E-state index in [1.807, 2.05) is 12.1 Å². The normalized spacial score (nSPS) is 21.4. The zero-order valence-electron chi connectivity index (χ0n) is 14.5. The van der Waals surface area contributed by atoms with Gasteiger partial charge in [0.15, 0.2) is 0 Å². The van der Waals surface area contributed by atoms with Gasteiger partial charge in [0.05, 0.1) is 11.7 Å². The first-order chi connectivity index (χ1) is 12.6. The Morgan fingerprint density at radius 1 is 0.923 bits per heavy atom. The highest BCUT2D eigenvalue weighted by molar-refractivity contribution is 5.99. The molecule has 2 aromatic rings. The number of piperazine rings is 1. The summed E-state index contributed by atoms with van der Waals surface area (Å²) in [6, 6.07) is 13.5. The summed E-state index contributed by atoms with van der Waals surface area (Å²) in [6.45, 7) is 3.80. The summed E-state index contributed by atoms with van der Waals surface area (Å²) in [4.78, 5) is 18.9. The van der Waals surface area contributed by atoms with E-state index in [1.54, 1.807) is 35.2 Å². The standard InChI is InChI=1S/C20H22FN3O2/c21-17-3-1-2-4-18(17)24-10-9-19(20(24)26)23-13-11-22(12-14-23)15-5-7-16(25)8-6-15/h1-8,19,25H,9-14H2. The highest BCUT2D eigenvalue weighted by Crippen LogP contribution is 2.28. The van der Waals surface area contributed by atoms with Gasteiger partial charge in [0.1, 0.15) is 11.6 Å². The molecule has 4 rings (SSSR count). The predicted molar refractivity (Wildman–Crippen MR) is 99.1 cm³/mol. The fourth-order valence-electron chi connectivity index (χ4n) is 3.87. The molecule has 1 unspecified atom stereocenters. The predicted octanol–water partition coefficient (Wildman–Crippen LogP) is 2.46. The molecule has 0 spiro atoms. The Bertz CT molecular complexity index is 788. The number of nitrogens with zero attached hydrogens (tertiary/aromatic N) is 3. The molecule has 2 fully saturated rings. The monoisotopic (exact) mass is 355 g/mol. The molecule has 6 heteroatoms. The minimum Gasteiger partial charge on any atom is -0.508 e. The van der Waals surface area contributed by atoms with E-state index < -0.39 is 0 Å². The molecule has 0 saturated carbocycles. The summed E-state index contributed by atoms with van der Waals surface area (Å²) < 4.78 is 14.0. The van der Waals surface area contributed by atoms with Crippen LogP contribution in [0.4, 0.5) is 15.8 Å². The topological polar surface area (TPSA) is 47.0 Å². The molecule has 2 aliphatic rings. The van der Waals surface area contributed by atoms with E-state index in [9.17, 15) is 14.3 Å². The van der Waals surface area contributed by atoms with Crippen molar-refractivity contribution in [1.29, 1.82) is 0 Å². The van der Waals surface area contributed by atoms with Crippen LogP contribution >= 0.6 is 0 Å². The lowest BCUT2D eigenvalue weighted by Gasteiger charge is -2.38. The number of benzene rings is 2. The van der Waals surface area contributed by atoms with Crippen molar-refractivity contribution < 1.29 is 14.3 Å². The highest BCUT2D eigenvalue weighted by atomic mass is 19.1. The minimum absolute atomic E-state index is 0.00631. The number of hydrogen-bond donors (Lipinski definition) is 1. The van der Waals surface area contributed by atoms with Gasteiger partial charge in [-0.3, -0.25) is 9.69 Å². The van der Waals surface area contributed by atoms with Crippen molar-refractivity contribution in [2.24, 2.45) is 0 Å². The lowest BCUT2D eigenvalue weighted by atomic mass is 10.1. The summed E-state index contributed by atoms with van der Waals surface area (Å²) in [7, 11) is 0. The Morgan fingerprint density at radius 2 is 1.62 bits per heavy atom. The summed E-state index contributed by atoms with van der Waals surface area (Å²) in [6.07, 6.45) is 0.729. The van der Waals surface area contributed by atoms with Crippen LogP contribution in [-0.2, 0) is 4.79 Å². The third-order valence-corrected chi connectivity index (χ3v) is 5.29. The van der Waals surface area contributed by atoms with E-state index in [2.05, 4.69) is 9.80 Å². The van der Waals surface area contributed by atoms with Gasteiger partial charge >= 0.3 is 0 Å². The van der Waals surface area contributed by atoms with E-state index in [1.165, 1.54) is 6.07 Å². The number of rotatable bonds is 3. The van der Waals surface area contributed by atoms with Gasteiger partial charge in [-0.1, -0.05) is 12.1 Å². The van der Waals surface area contributed by atoms with Gasteiger partial charge in [-0.05, 0) is 42.8 Å². The number of phenolic OH excluding ortho intramolecular Hbond substituents is 1. The first-order valence-electron chi connectivity index (χ1n) is 8.97. The average Bonchev–Trinajstić information content (AvgIpc) is 3.04. The number of amides is 1. The zero-order chi connectivity index (χ0) is 18.1. The quantitative estimate of drug-likeness (QED) is 0.919. The summed E-state index contributed by atoms with van der Waals surface area (Å²) in [5.41, 5.74) is 1.45. The number of phenols is 1. The molecule has 1 N–H and O–H groups in total. The van der Waals surface area contributed by atoms with Crippen LogP contribution in [0.5, 0.6) is 5.75 Å². The zero-order valence-corrected chi connectivity index (χ0v) is 14.5. The molecule has 0 aromatic heterocycles. The molecule has 1 amide bonds. The molecule has 0 aliphatic carbocycles. The summed E-state index contributed by atoms with van der Waals surface area (Å²) >= 11 is 0. The van der Waals surface area contributed by atoms with Crippen LogP contribution in [0.15, 0.2) is 48.5 Å². The molecule has 26 heavy (non-hydrogen) atoms. The van der Waals surface area contributed by atoms with Gasteiger partial charge in [-0.2, -0.15) is 0 Å². The van der Waals surface area contributed by atoms with E-state index in [0.29, 0.717) is 12.2 Å². The Morgan fingerprint density at radius 3 is 2.31 bits per heavy atom. The molecule has 5 nitrogen and oxygen atoms in total. The van der Waals surface area contributed by atoms with Crippen LogP contribution in [0.3, 0.4) is 0 Å². The Labute approximate surface area is 152 Å². The number of carbonyl (C=O) groups is 1. The smallest absolute Gasteiger partial charge is 0.244 e. The molecule has 2 aliphatic heterocycles. The highest BCUT2D eigenvalue weighted by Gasteiger charge is 2.38. The molecule has 0 bridgehead atoms. The number of para-hydroxylation sites is 1. The molecule has 2 aromatic carbocycles. The Hall–Kier alpha value is -2.60. The van der Waals surface area contributed by atoms with Gasteiger partial charge in [0.25, 0.3) is 0 Å². The van der Waals surface area contributed by atoms with Crippen LogP contribution in [0.1, 0.15) is 6.42 Å². The third kappa shape index (κ3) is 3.12. The molecular weight excluding hydrogens is 333 g/mol. The van der Waals surface area contributed by atoms with Gasteiger partial charge in [0.2, 0.25) is 5.91 Å². The van der Waals surface area contributed by atoms with Crippen molar-refractivity contribution in [3.63, 3.8) is 0 Å². The molecule has 0 radical (unpaired) electrons. The van der Waals surface area contributed by atoms with Crippen LogP contribution in [0.25, 0.3) is 0 Å². The Kier molecular flexibility index (Phi) is 4.51. The maximum atomic E-state index is 14.0. The molecular formula is C20H22FN3O2. The van der Waals surface area contributed by atoms with Crippen LogP contribution in [-0.4, -0.2) is 54.7 Å². The lowest BCUT2D eigenvalue weighted by Crippen LogP contribution is -2.52. The second kappa shape index (κ2) is 6.96. The van der Waals surface area contributed by atoms with E-state index >= 15 is 0 Å². The van der Waals surface area contributed by atoms with Crippen molar-refractivity contribution in [2.45, 2.75) is 12.5 Å². The second-order valence-electron chi connectivity index (χ2n) is 6.79. The number of aromatic hydroxyl groups is 1. The lowest BCUT2D eigenvalue weighted by molar-refractivity contribution is -0.121. The molecule has 2 heterocycles. The number of hydrogen-bond acceptors (Lipinski definition) is 4. The van der Waals surface area contributed by atoms with E-state index in [-0.39, 0.29) is 23.5 Å². The fourth-order valence-corrected chi connectivity index (χ4v) is 3.87. The Balaban J connectivity index is 1.40. The van der Waals surface area contributed by atoms with Crippen molar-refractivity contribution in [3.8, 4) is 5.75 Å². The number of anilines is 2. The fraction of sp³-hybridized carbons (Fsp3) is 0.350. The van der Waals surface area contributed by atoms with Crippen molar-refractivity contribution >= 4 is 17.3 Å². The molecule has 2 saturated heterocycles. The van der Waals surface area contributed by atoms with Crippen molar-refractivity contribution in [3.05, 3.63) is 54.3 Å². The van der Waals surface area contributed by atoms with Crippen LogP contribution in [0.2, 0.25) is 0 Å².